The molecule has 0 aliphatic carbocycles. The number of halogens is 1. The molecule has 0 amide bonds. The van der Waals surface area contributed by atoms with E-state index in [0.29, 0.717) is 4.32 Å². The molecule has 0 heterocycles. The maximum absolute atomic E-state index is 5.51. The maximum atomic E-state index is 5.51. The Balaban J connectivity index is 2.83. The van der Waals surface area contributed by atoms with Crippen LogP contribution in [0, 0.1) is 6.92 Å². The van der Waals surface area contributed by atoms with Crippen LogP contribution in [-0.2, 0) is 0 Å². The summed E-state index contributed by atoms with van der Waals surface area (Å²) in [7, 11) is 0. The second-order valence-electron chi connectivity index (χ2n) is 2.55. The fourth-order valence-corrected chi connectivity index (χ4v) is 1.07. The summed E-state index contributed by atoms with van der Waals surface area (Å²) >= 11 is 10.2. The Kier molecular flexibility index (Phi) is 3.45. The molecule has 0 aliphatic heterocycles. The molecule has 0 spiro atoms. The number of allylic oxidation sites excluding steroid dienone is 1. The van der Waals surface area contributed by atoms with Crippen LogP contribution in [0.25, 0.3) is 6.08 Å². The van der Waals surface area contributed by atoms with Crippen molar-refractivity contribution in [1.82, 2.24) is 0 Å². The summed E-state index contributed by atoms with van der Waals surface area (Å²) in [5, 5.41) is 0. The van der Waals surface area contributed by atoms with E-state index in [0.717, 1.165) is 5.56 Å². The monoisotopic (exact) mass is 196 g/mol. The molecule has 0 nitrogen and oxygen atoms in total. The molecule has 0 radical (unpaired) electrons. The number of hydrogen-bond acceptors (Lipinski definition) is 1. The van der Waals surface area contributed by atoms with Crippen LogP contribution >= 0.6 is 23.8 Å². The van der Waals surface area contributed by atoms with Gasteiger partial charge in [-0.25, -0.2) is 0 Å². The minimum atomic E-state index is 0.386. The van der Waals surface area contributed by atoms with Gasteiger partial charge in [-0.3, -0.25) is 0 Å². The molecule has 62 valence electrons. The minimum absolute atomic E-state index is 0.386. The van der Waals surface area contributed by atoms with E-state index in [1.165, 1.54) is 5.56 Å². The van der Waals surface area contributed by atoms with Crippen molar-refractivity contribution < 1.29 is 0 Å². The molecule has 2 heteroatoms. The van der Waals surface area contributed by atoms with Crippen molar-refractivity contribution in [3.8, 4) is 0 Å². The van der Waals surface area contributed by atoms with Crippen LogP contribution in [0.4, 0.5) is 0 Å². The second kappa shape index (κ2) is 4.39. The lowest BCUT2D eigenvalue weighted by Gasteiger charge is -1.93. The number of hydrogen-bond donors (Lipinski definition) is 0. The first kappa shape index (κ1) is 9.43. The van der Waals surface area contributed by atoms with E-state index in [-0.39, 0.29) is 0 Å². The SMILES string of the molecule is Cc1cccc(/C=C/C(=S)Cl)c1. The molecule has 1 aromatic rings. The van der Waals surface area contributed by atoms with Crippen LogP contribution in [0.3, 0.4) is 0 Å². The number of rotatable bonds is 2. The quantitative estimate of drug-likeness (QED) is 0.396. The van der Waals surface area contributed by atoms with Gasteiger partial charge in [0, 0.05) is 0 Å². The van der Waals surface area contributed by atoms with Crippen LogP contribution in [0.15, 0.2) is 30.3 Å². The normalized spacial score (nSPS) is 10.5. The van der Waals surface area contributed by atoms with Crippen LogP contribution < -0.4 is 0 Å². The second-order valence-corrected chi connectivity index (χ2v) is 3.62. The fraction of sp³-hybridized carbons (Fsp3) is 0.100. The average molecular weight is 197 g/mol. The molecule has 0 N–H and O–H groups in total. The zero-order chi connectivity index (χ0) is 8.97. The van der Waals surface area contributed by atoms with Crippen LogP contribution in [-0.4, -0.2) is 4.32 Å². The van der Waals surface area contributed by atoms with Gasteiger partial charge in [0.1, 0.15) is 4.32 Å². The summed E-state index contributed by atoms with van der Waals surface area (Å²) in [6.45, 7) is 2.05. The maximum Gasteiger partial charge on any atom is 0.103 e. The van der Waals surface area contributed by atoms with Crippen molar-refractivity contribution in [2.45, 2.75) is 6.92 Å². The fourth-order valence-electron chi connectivity index (χ4n) is 0.936. The highest BCUT2D eigenvalue weighted by Crippen LogP contribution is 2.06. The molecule has 0 saturated heterocycles. The highest BCUT2D eigenvalue weighted by Gasteiger charge is 1.87. The van der Waals surface area contributed by atoms with Crippen molar-refractivity contribution in [3.63, 3.8) is 0 Å². The van der Waals surface area contributed by atoms with Gasteiger partial charge in [0.2, 0.25) is 0 Å². The van der Waals surface area contributed by atoms with E-state index in [9.17, 15) is 0 Å². The van der Waals surface area contributed by atoms with Crippen LogP contribution in [0.2, 0.25) is 0 Å². The lowest BCUT2D eigenvalue weighted by molar-refractivity contribution is 1.46. The molecule has 0 atom stereocenters. The molecule has 0 unspecified atom stereocenters. The van der Waals surface area contributed by atoms with Crippen molar-refractivity contribution in [2.75, 3.05) is 0 Å². The molecule has 0 fully saturated rings. The Bertz CT molecular complexity index is 315. The smallest absolute Gasteiger partial charge is 0.0716 e. The third-order valence-electron chi connectivity index (χ3n) is 1.45. The summed E-state index contributed by atoms with van der Waals surface area (Å²) in [4.78, 5) is 0. The van der Waals surface area contributed by atoms with E-state index in [4.69, 9.17) is 23.8 Å². The Morgan fingerprint density at radius 2 is 2.25 bits per heavy atom. The third kappa shape index (κ3) is 3.16. The Hall–Kier alpha value is -0.660. The van der Waals surface area contributed by atoms with Gasteiger partial charge < -0.3 is 0 Å². The first-order valence-electron chi connectivity index (χ1n) is 3.63. The summed E-state index contributed by atoms with van der Waals surface area (Å²) in [5.74, 6) is 0. The predicted octanol–water partition coefficient (Wildman–Crippen LogP) is 3.57. The minimum Gasteiger partial charge on any atom is -0.0716 e. The van der Waals surface area contributed by atoms with Gasteiger partial charge >= 0.3 is 0 Å². The van der Waals surface area contributed by atoms with Gasteiger partial charge in [-0.1, -0.05) is 59.7 Å². The zero-order valence-electron chi connectivity index (χ0n) is 6.75. The van der Waals surface area contributed by atoms with Gasteiger partial charge in [-0.05, 0) is 18.6 Å². The Morgan fingerprint density at radius 1 is 1.50 bits per heavy atom. The van der Waals surface area contributed by atoms with Gasteiger partial charge in [0.25, 0.3) is 0 Å². The topological polar surface area (TPSA) is 0 Å². The summed E-state index contributed by atoms with van der Waals surface area (Å²) in [6.07, 6.45) is 3.62. The first-order chi connectivity index (χ1) is 5.68. The van der Waals surface area contributed by atoms with E-state index in [1.54, 1.807) is 6.08 Å². The van der Waals surface area contributed by atoms with Crippen LogP contribution in [0.5, 0.6) is 0 Å². The Labute approximate surface area is 82.9 Å². The summed E-state index contributed by atoms with van der Waals surface area (Å²) < 4.78 is 0.386. The van der Waals surface area contributed by atoms with E-state index in [1.807, 2.05) is 18.2 Å². The molecular weight excluding hydrogens is 188 g/mol. The third-order valence-corrected chi connectivity index (χ3v) is 1.71. The van der Waals surface area contributed by atoms with Crippen LogP contribution in [0.1, 0.15) is 11.1 Å². The molecule has 12 heavy (non-hydrogen) atoms. The van der Waals surface area contributed by atoms with E-state index >= 15 is 0 Å². The van der Waals surface area contributed by atoms with E-state index < -0.39 is 0 Å². The number of aryl methyl sites for hydroxylation is 1. The van der Waals surface area contributed by atoms with Gasteiger partial charge in [-0.15, -0.1) is 0 Å². The number of thiocarbonyl (C=S) groups is 1. The highest BCUT2D eigenvalue weighted by molar-refractivity contribution is 7.83. The average Bonchev–Trinajstić information content (AvgIpc) is 2.01. The van der Waals surface area contributed by atoms with Gasteiger partial charge in [0.05, 0.1) is 0 Å². The highest BCUT2D eigenvalue weighted by atomic mass is 35.5. The zero-order valence-corrected chi connectivity index (χ0v) is 8.32. The van der Waals surface area contributed by atoms with Gasteiger partial charge in [0.15, 0.2) is 0 Å². The molecular formula is C10H9ClS. The predicted molar refractivity (Wildman–Crippen MR) is 58.7 cm³/mol. The van der Waals surface area contributed by atoms with Gasteiger partial charge in [-0.2, -0.15) is 0 Å². The molecule has 0 saturated carbocycles. The summed E-state index contributed by atoms with van der Waals surface area (Å²) in [6, 6.07) is 8.15. The lowest BCUT2D eigenvalue weighted by Crippen LogP contribution is -1.76. The largest absolute Gasteiger partial charge is 0.103 e. The lowest BCUT2D eigenvalue weighted by atomic mass is 10.1. The molecule has 1 rings (SSSR count). The molecule has 0 aliphatic rings. The molecule has 0 bridgehead atoms. The number of benzene rings is 1. The standard InChI is InChI=1S/C10H9ClS/c1-8-3-2-4-9(7-8)5-6-10(11)12/h2-7H,1H3/b6-5+. The first-order valence-corrected chi connectivity index (χ1v) is 4.41. The van der Waals surface area contributed by atoms with Crippen molar-refractivity contribution in [3.05, 3.63) is 41.5 Å². The van der Waals surface area contributed by atoms with Crippen molar-refractivity contribution in [2.24, 2.45) is 0 Å². The Morgan fingerprint density at radius 3 is 2.83 bits per heavy atom. The van der Waals surface area contributed by atoms with E-state index in [2.05, 4.69) is 19.1 Å². The van der Waals surface area contributed by atoms with Crippen molar-refractivity contribution in [1.29, 1.82) is 0 Å². The summed E-state index contributed by atoms with van der Waals surface area (Å²) in [5.41, 5.74) is 2.36. The van der Waals surface area contributed by atoms with Crippen molar-refractivity contribution >= 4 is 34.2 Å². The molecule has 1 aromatic carbocycles. The molecule has 0 aromatic heterocycles.